The van der Waals surface area contributed by atoms with Gasteiger partial charge in [-0.05, 0) is 37.1 Å². The van der Waals surface area contributed by atoms with Gasteiger partial charge in [-0.3, -0.25) is 9.69 Å². The van der Waals surface area contributed by atoms with Gasteiger partial charge in [-0.2, -0.15) is 0 Å². The number of carbonyl (C=O) groups is 1. The van der Waals surface area contributed by atoms with Crippen LogP contribution < -0.4 is 9.47 Å². The first-order valence-electron chi connectivity index (χ1n) is 7.83. The Morgan fingerprint density at radius 1 is 1.14 bits per heavy atom. The summed E-state index contributed by atoms with van der Waals surface area (Å²) in [6.45, 7) is 1.07. The maximum Gasteiger partial charge on any atom is 0.161 e. The molecule has 2 aliphatic heterocycles. The molecule has 2 heterocycles. The largest absolute Gasteiger partial charge is 0.493 e. The summed E-state index contributed by atoms with van der Waals surface area (Å²) in [5, 5.41) is 0. The molecule has 3 rings (SSSR count). The van der Waals surface area contributed by atoms with Gasteiger partial charge < -0.3 is 9.47 Å². The van der Waals surface area contributed by atoms with E-state index < -0.39 is 0 Å². The number of benzene rings is 1. The highest BCUT2D eigenvalue weighted by atomic mass is 79.9. The van der Waals surface area contributed by atoms with Gasteiger partial charge in [0.15, 0.2) is 11.5 Å². The number of piperidine rings is 2. The Bertz CT molecular complexity index is 575. The normalized spacial score (nSPS) is 25.7. The van der Waals surface area contributed by atoms with Crippen LogP contribution in [0.4, 0.5) is 0 Å². The fraction of sp³-hybridized carbons (Fsp3) is 0.588. The van der Waals surface area contributed by atoms with Crippen LogP contribution in [-0.4, -0.2) is 37.5 Å². The Morgan fingerprint density at radius 2 is 1.86 bits per heavy atom. The van der Waals surface area contributed by atoms with Crippen molar-refractivity contribution in [1.82, 2.24) is 4.90 Å². The van der Waals surface area contributed by atoms with E-state index >= 15 is 0 Å². The van der Waals surface area contributed by atoms with Gasteiger partial charge in [0.05, 0.1) is 14.2 Å². The first-order valence-corrected chi connectivity index (χ1v) is 8.62. The maximum absolute atomic E-state index is 12.2. The maximum atomic E-state index is 12.2. The lowest BCUT2D eigenvalue weighted by Gasteiger charge is -2.44. The number of rotatable bonds is 3. The number of nitrogens with zero attached hydrogens (tertiary/aromatic N) is 1. The van der Waals surface area contributed by atoms with E-state index in [1.165, 1.54) is 12.8 Å². The number of fused-ring (bicyclic) bond motifs is 1. The number of hydrogen-bond acceptors (Lipinski definition) is 4. The van der Waals surface area contributed by atoms with Crippen LogP contribution in [0, 0.1) is 0 Å². The zero-order chi connectivity index (χ0) is 15.7. The van der Waals surface area contributed by atoms with Crippen molar-refractivity contribution in [3.05, 3.63) is 22.2 Å². The summed E-state index contributed by atoms with van der Waals surface area (Å²) in [4.78, 5) is 14.7. The smallest absolute Gasteiger partial charge is 0.161 e. The highest BCUT2D eigenvalue weighted by Gasteiger charge is 2.37. The second kappa shape index (κ2) is 6.59. The van der Waals surface area contributed by atoms with E-state index in [4.69, 9.17) is 9.47 Å². The van der Waals surface area contributed by atoms with Gasteiger partial charge >= 0.3 is 0 Å². The fourth-order valence-corrected chi connectivity index (χ4v) is 4.33. The Hall–Kier alpha value is -1.07. The number of halogens is 1. The van der Waals surface area contributed by atoms with Crippen molar-refractivity contribution >= 4 is 21.7 Å². The van der Waals surface area contributed by atoms with E-state index in [0.717, 1.165) is 23.0 Å². The molecule has 5 heteroatoms. The van der Waals surface area contributed by atoms with Crippen LogP contribution in [0.15, 0.2) is 16.6 Å². The highest BCUT2D eigenvalue weighted by molar-refractivity contribution is 9.10. The molecule has 0 saturated carbocycles. The number of ether oxygens (including phenoxy) is 2. The van der Waals surface area contributed by atoms with Crippen molar-refractivity contribution in [2.45, 2.75) is 44.2 Å². The van der Waals surface area contributed by atoms with Crippen LogP contribution in [0.25, 0.3) is 0 Å². The van der Waals surface area contributed by atoms with Crippen molar-refractivity contribution in [3.8, 4) is 11.5 Å². The Morgan fingerprint density at radius 3 is 2.59 bits per heavy atom. The van der Waals surface area contributed by atoms with Gasteiger partial charge in [-0.15, -0.1) is 0 Å². The predicted octanol–water partition coefficient (Wildman–Crippen LogP) is 3.72. The number of ketones is 1. The predicted molar refractivity (Wildman–Crippen MR) is 88.6 cm³/mol. The summed E-state index contributed by atoms with van der Waals surface area (Å²) in [6.07, 6.45) is 4.87. The van der Waals surface area contributed by atoms with Crippen molar-refractivity contribution in [1.29, 1.82) is 0 Å². The van der Waals surface area contributed by atoms with Gasteiger partial charge in [-0.1, -0.05) is 22.4 Å². The third kappa shape index (κ3) is 2.88. The van der Waals surface area contributed by atoms with Gasteiger partial charge in [0.1, 0.15) is 5.78 Å². The first-order chi connectivity index (χ1) is 10.6. The zero-order valence-electron chi connectivity index (χ0n) is 13.1. The molecule has 0 unspecified atom stereocenters. The minimum absolute atomic E-state index is 0.140. The van der Waals surface area contributed by atoms with Gasteiger partial charge in [-0.25, -0.2) is 0 Å². The molecule has 4 nitrogen and oxygen atoms in total. The molecule has 0 N–H and O–H groups in total. The van der Waals surface area contributed by atoms with Gasteiger partial charge in [0.2, 0.25) is 0 Å². The highest BCUT2D eigenvalue weighted by Crippen LogP contribution is 2.43. The first kappa shape index (κ1) is 15.8. The molecule has 1 aromatic carbocycles. The number of Topliss-reactive ketones (excluding diaryl/α,β-unsaturated/α-hetero) is 1. The quantitative estimate of drug-likeness (QED) is 0.815. The molecule has 22 heavy (non-hydrogen) atoms. The Balaban J connectivity index is 1.99. The standard InChI is InChI=1S/C17H22BrNO3/c1-21-16-9-13(14(18)10-17(16)22-2)15-8-12(20)7-11-5-3-4-6-19(11)15/h9-11,15H,3-8H2,1-2H3/t11-,15+/m1/s1. The molecule has 2 saturated heterocycles. The van der Waals surface area contributed by atoms with E-state index in [2.05, 4.69) is 20.8 Å². The van der Waals surface area contributed by atoms with Gasteiger partial charge in [0.25, 0.3) is 0 Å². The van der Waals surface area contributed by atoms with Crippen LogP contribution in [0.2, 0.25) is 0 Å². The molecule has 0 aromatic heterocycles. The molecule has 2 aliphatic rings. The average molecular weight is 368 g/mol. The molecule has 120 valence electrons. The van der Waals surface area contributed by atoms with Crippen LogP contribution in [-0.2, 0) is 4.79 Å². The molecule has 0 bridgehead atoms. The second-order valence-electron chi connectivity index (χ2n) is 6.08. The fourth-order valence-electron chi connectivity index (χ4n) is 3.75. The number of hydrogen-bond donors (Lipinski definition) is 0. The van der Waals surface area contributed by atoms with Crippen molar-refractivity contribution in [2.75, 3.05) is 20.8 Å². The summed E-state index contributed by atoms with van der Waals surface area (Å²) >= 11 is 3.65. The molecule has 1 aromatic rings. The summed E-state index contributed by atoms with van der Waals surface area (Å²) in [5.74, 6) is 1.79. The number of carbonyl (C=O) groups excluding carboxylic acids is 1. The van der Waals surface area contributed by atoms with Crippen molar-refractivity contribution in [3.63, 3.8) is 0 Å². The minimum Gasteiger partial charge on any atom is -0.493 e. The SMILES string of the molecule is COc1cc(Br)c([C@@H]2CC(=O)C[C@H]3CCCCN32)cc1OC. The third-order valence-corrected chi connectivity index (χ3v) is 5.51. The average Bonchev–Trinajstić information content (AvgIpc) is 2.53. The van der Waals surface area contributed by atoms with Crippen LogP contribution in [0.5, 0.6) is 11.5 Å². The van der Waals surface area contributed by atoms with E-state index in [-0.39, 0.29) is 6.04 Å². The van der Waals surface area contributed by atoms with E-state index in [1.807, 2.05) is 12.1 Å². The van der Waals surface area contributed by atoms with Crippen LogP contribution in [0.3, 0.4) is 0 Å². The topological polar surface area (TPSA) is 38.8 Å². The Labute approximate surface area is 139 Å². The molecule has 2 fully saturated rings. The molecule has 0 amide bonds. The monoisotopic (exact) mass is 367 g/mol. The lowest BCUT2D eigenvalue weighted by molar-refractivity contribution is -0.126. The Kier molecular flexibility index (Phi) is 4.73. The molecule has 2 atom stereocenters. The lowest BCUT2D eigenvalue weighted by atomic mass is 9.85. The van der Waals surface area contributed by atoms with Crippen LogP contribution in [0.1, 0.15) is 43.7 Å². The summed E-state index contributed by atoms with van der Waals surface area (Å²) in [6, 6.07) is 4.49. The zero-order valence-corrected chi connectivity index (χ0v) is 14.7. The van der Waals surface area contributed by atoms with E-state index in [1.54, 1.807) is 14.2 Å². The minimum atomic E-state index is 0.140. The van der Waals surface area contributed by atoms with E-state index in [0.29, 0.717) is 36.2 Å². The van der Waals surface area contributed by atoms with Gasteiger partial charge in [0, 0.05) is 29.4 Å². The molecule has 0 radical (unpaired) electrons. The number of methoxy groups -OCH3 is 2. The summed E-state index contributed by atoms with van der Waals surface area (Å²) in [5.41, 5.74) is 1.12. The van der Waals surface area contributed by atoms with Crippen LogP contribution >= 0.6 is 15.9 Å². The van der Waals surface area contributed by atoms with Crippen molar-refractivity contribution < 1.29 is 14.3 Å². The second-order valence-corrected chi connectivity index (χ2v) is 6.93. The van der Waals surface area contributed by atoms with Crippen molar-refractivity contribution in [2.24, 2.45) is 0 Å². The van der Waals surface area contributed by atoms with E-state index in [9.17, 15) is 4.79 Å². The molecule has 0 aliphatic carbocycles. The molecule has 0 spiro atoms. The molecular weight excluding hydrogens is 346 g/mol. The lowest BCUT2D eigenvalue weighted by Crippen LogP contribution is -2.47. The molecular formula is C17H22BrNO3. The summed E-state index contributed by atoms with van der Waals surface area (Å²) < 4.78 is 11.8. The third-order valence-electron chi connectivity index (χ3n) is 4.82. The summed E-state index contributed by atoms with van der Waals surface area (Å²) in [7, 11) is 3.28.